The average molecular weight is 209 g/mol. The molecule has 0 aromatic rings. The molecule has 0 heterocycles. The van der Waals surface area contributed by atoms with Gasteiger partial charge in [0.1, 0.15) is 0 Å². The summed E-state index contributed by atoms with van der Waals surface area (Å²) in [6.07, 6.45) is 10.5. The smallest absolute Gasteiger partial charge is 0.00116 e. The molecule has 0 amide bonds. The highest BCUT2D eigenvalue weighted by molar-refractivity contribution is 5.05. The summed E-state index contributed by atoms with van der Waals surface area (Å²) in [4.78, 5) is 0. The molecule has 0 aliphatic heterocycles. The van der Waals surface area contributed by atoms with Gasteiger partial charge in [0.2, 0.25) is 0 Å². The Labute approximate surface area is 95.3 Å². The van der Waals surface area contributed by atoms with Crippen molar-refractivity contribution >= 4 is 0 Å². The molecule has 1 heteroatoms. The van der Waals surface area contributed by atoms with Gasteiger partial charge in [0.25, 0.3) is 0 Å². The maximum atomic E-state index is 3.55. The molecule has 0 spiro atoms. The second-order valence-corrected chi connectivity index (χ2v) is 5.92. The normalized spacial score (nSPS) is 17.7. The fourth-order valence-corrected chi connectivity index (χ4v) is 1.97. The first-order chi connectivity index (χ1) is 7.08. The maximum Gasteiger partial charge on any atom is -0.00116 e. The van der Waals surface area contributed by atoms with Crippen molar-refractivity contribution in [3.8, 4) is 0 Å². The van der Waals surface area contributed by atoms with Gasteiger partial charge in [-0.15, -0.1) is 0 Å². The van der Waals surface area contributed by atoms with Crippen molar-refractivity contribution in [3.63, 3.8) is 0 Å². The number of rotatable bonds is 5. The summed E-state index contributed by atoms with van der Waals surface area (Å²) in [6, 6.07) is 0. The van der Waals surface area contributed by atoms with Crippen LogP contribution >= 0.6 is 0 Å². The average Bonchev–Trinajstić information content (AvgIpc) is 2.17. The maximum absolute atomic E-state index is 3.55. The van der Waals surface area contributed by atoms with Crippen LogP contribution in [0.25, 0.3) is 0 Å². The molecule has 0 aromatic heterocycles. The first-order valence-electron chi connectivity index (χ1n) is 6.46. The Balaban J connectivity index is 1.99. The van der Waals surface area contributed by atoms with E-state index in [-0.39, 0.29) is 0 Å². The first kappa shape index (κ1) is 12.8. The van der Waals surface area contributed by atoms with Crippen LogP contribution in [0.15, 0.2) is 11.6 Å². The van der Waals surface area contributed by atoms with E-state index in [2.05, 4.69) is 32.2 Å². The SMILES string of the molecule is CC(C)(C)CCNCCC1=CCCCC1. The lowest BCUT2D eigenvalue weighted by Crippen LogP contribution is -2.22. The second-order valence-electron chi connectivity index (χ2n) is 5.92. The van der Waals surface area contributed by atoms with Gasteiger partial charge in [-0.25, -0.2) is 0 Å². The monoisotopic (exact) mass is 209 g/mol. The quantitative estimate of drug-likeness (QED) is 0.535. The fraction of sp³-hybridized carbons (Fsp3) is 0.857. The van der Waals surface area contributed by atoms with Gasteiger partial charge in [-0.05, 0) is 57.0 Å². The highest BCUT2D eigenvalue weighted by atomic mass is 14.8. The molecule has 1 nitrogen and oxygen atoms in total. The molecule has 1 N–H and O–H groups in total. The van der Waals surface area contributed by atoms with E-state index in [0.29, 0.717) is 5.41 Å². The summed E-state index contributed by atoms with van der Waals surface area (Å²) >= 11 is 0. The van der Waals surface area contributed by atoms with E-state index in [1.165, 1.54) is 45.1 Å². The molecule has 0 unspecified atom stereocenters. The molecular formula is C14H27N. The molecule has 0 atom stereocenters. The van der Waals surface area contributed by atoms with Gasteiger partial charge in [0.15, 0.2) is 0 Å². The second kappa shape index (κ2) is 6.32. The van der Waals surface area contributed by atoms with Crippen LogP contribution in [0, 0.1) is 5.41 Å². The molecule has 1 rings (SSSR count). The summed E-state index contributed by atoms with van der Waals surface area (Å²) in [6.45, 7) is 9.24. The van der Waals surface area contributed by atoms with Gasteiger partial charge >= 0.3 is 0 Å². The molecule has 88 valence electrons. The molecule has 0 bridgehead atoms. The van der Waals surface area contributed by atoms with E-state index in [9.17, 15) is 0 Å². The van der Waals surface area contributed by atoms with E-state index in [4.69, 9.17) is 0 Å². The van der Waals surface area contributed by atoms with Crippen molar-refractivity contribution in [2.75, 3.05) is 13.1 Å². The number of hydrogen-bond acceptors (Lipinski definition) is 1. The molecule has 0 radical (unpaired) electrons. The lowest BCUT2D eigenvalue weighted by molar-refractivity contribution is 0.367. The standard InChI is InChI=1S/C14H27N/c1-14(2,3)10-12-15-11-9-13-7-5-4-6-8-13/h7,15H,4-6,8-12H2,1-3H3. The van der Waals surface area contributed by atoms with Gasteiger partial charge in [-0.1, -0.05) is 32.4 Å². The fourth-order valence-electron chi connectivity index (χ4n) is 1.97. The van der Waals surface area contributed by atoms with Crippen molar-refractivity contribution in [1.82, 2.24) is 5.32 Å². The summed E-state index contributed by atoms with van der Waals surface area (Å²) in [5, 5.41) is 3.55. The van der Waals surface area contributed by atoms with E-state index < -0.39 is 0 Å². The lowest BCUT2D eigenvalue weighted by atomic mass is 9.92. The van der Waals surface area contributed by atoms with Crippen molar-refractivity contribution < 1.29 is 0 Å². The predicted molar refractivity (Wildman–Crippen MR) is 68.1 cm³/mol. The minimum Gasteiger partial charge on any atom is -0.316 e. The summed E-state index contributed by atoms with van der Waals surface area (Å²) in [7, 11) is 0. The number of nitrogens with one attached hydrogen (secondary N) is 1. The Morgan fingerprint density at radius 1 is 1.20 bits per heavy atom. The van der Waals surface area contributed by atoms with E-state index >= 15 is 0 Å². The Hall–Kier alpha value is -0.300. The van der Waals surface area contributed by atoms with E-state index in [0.717, 1.165) is 6.54 Å². The lowest BCUT2D eigenvalue weighted by Gasteiger charge is -2.18. The van der Waals surface area contributed by atoms with Crippen LogP contribution in [0.4, 0.5) is 0 Å². The molecule has 0 saturated heterocycles. The third-order valence-electron chi connectivity index (χ3n) is 3.06. The van der Waals surface area contributed by atoms with Crippen LogP contribution in [0.5, 0.6) is 0 Å². The molecule has 15 heavy (non-hydrogen) atoms. The number of allylic oxidation sites excluding steroid dienone is 1. The zero-order valence-corrected chi connectivity index (χ0v) is 10.7. The van der Waals surface area contributed by atoms with Gasteiger partial charge in [-0.2, -0.15) is 0 Å². The molecule has 1 aliphatic carbocycles. The largest absolute Gasteiger partial charge is 0.316 e. The van der Waals surface area contributed by atoms with Gasteiger partial charge in [0.05, 0.1) is 0 Å². The Bertz CT molecular complexity index is 198. The molecule has 0 saturated carbocycles. The van der Waals surface area contributed by atoms with Crippen molar-refractivity contribution in [1.29, 1.82) is 0 Å². The zero-order chi connectivity index (χ0) is 11.1. The van der Waals surface area contributed by atoms with Crippen LogP contribution in [0.3, 0.4) is 0 Å². The third-order valence-corrected chi connectivity index (χ3v) is 3.06. The topological polar surface area (TPSA) is 12.0 Å². The third kappa shape index (κ3) is 6.72. The van der Waals surface area contributed by atoms with E-state index in [1.807, 2.05) is 0 Å². The summed E-state index contributed by atoms with van der Waals surface area (Å²) in [5.41, 5.74) is 2.15. The summed E-state index contributed by atoms with van der Waals surface area (Å²) in [5.74, 6) is 0. The van der Waals surface area contributed by atoms with Crippen LogP contribution in [0.1, 0.15) is 59.3 Å². The van der Waals surface area contributed by atoms with Crippen LogP contribution in [-0.4, -0.2) is 13.1 Å². The van der Waals surface area contributed by atoms with Gasteiger partial charge in [0, 0.05) is 0 Å². The van der Waals surface area contributed by atoms with Crippen LogP contribution < -0.4 is 5.32 Å². The van der Waals surface area contributed by atoms with Crippen molar-refractivity contribution in [2.45, 2.75) is 59.3 Å². The zero-order valence-electron chi connectivity index (χ0n) is 10.7. The highest BCUT2D eigenvalue weighted by Crippen LogP contribution is 2.20. The van der Waals surface area contributed by atoms with Crippen LogP contribution in [-0.2, 0) is 0 Å². The van der Waals surface area contributed by atoms with Crippen molar-refractivity contribution in [2.24, 2.45) is 5.41 Å². The van der Waals surface area contributed by atoms with Gasteiger partial charge in [-0.3, -0.25) is 0 Å². The first-order valence-corrected chi connectivity index (χ1v) is 6.46. The van der Waals surface area contributed by atoms with Gasteiger partial charge < -0.3 is 5.32 Å². The number of hydrogen-bond donors (Lipinski definition) is 1. The molecule has 1 aliphatic rings. The Morgan fingerprint density at radius 2 is 2.00 bits per heavy atom. The Morgan fingerprint density at radius 3 is 2.60 bits per heavy atom. The van der Waals surface area contributed by atoms with Crippen LogP contribution in [0.2, 0.25) is 0 Å². The van der Waals surface area contributed by atoms with Crippen molar-refractivity contribution in [3.05, 3.63) is 11.6 Å². The molecular weight excluding hydrogens is 182 g/mol. The van der Waals surface area contributed by atoms with E-state index in [1.54, 1.807) is 5.57 Å². The minimum atomic E-state index is 0.469. The minimum absolute atomic E-state index is 0.469. The predicted octanol–water partition coefficient (Wildman–Crippen LogP) is 3.90. The summed E-state index contributed by atoms with van der Waals surface area (Å²) < 4.78 is 0. The highest BCUT2D eigenvalue weighted by Gasteiger charge is 2.08. The molecule has 0 fully saturated rings. The molecule has 0 aromatic carbocycles. The Kier molecular flexibility index (Phi) is 5.38.